The maximum Gasteiger partial charge on any atom is 0.335 e. The number of benzene rings is 3. The SMILES string of the molecule is COc1ccc(CNS(=O)(=O)c2cccc(-c3cc(C(=O)O)cc4c3nnn4C/C(F)=C/CN)c2)cc1.Cl. The molecule has 4 N–H and O–H groups in total. The third-order valence-corrected chi connectivity index (χ3v) is 6.99. The van der Waals surface area contributed by atoms with Gasteiger partial charge in [-0.1, -0.05) is 29.5 Å². The van der Waals surface area contributed by atoms with E-state index in [0.29, 0.717) is 22.4 Å². The van der Waals surface area contributed by atoms with Crippen molar-refractivity contribution in [1.82, 2.24) is 19.7 Å². The molecule has 0 radical (unpaired) electrons. The topological polar surface area (TPSA) is 149 Å². The number of allylic oxidation sites excluding steroid dienone is 1. The van der Waals surface area contributed by atoms with Crippen LogP contribution in [-0.2, 0) is 23.1 Å². The lowest BCUT2D eigenvalue weighted by Crippen LogP contribution is -2.23. The third kappa shape index (κ3) is 6.34. The van der Waals surface area contributed by atoms with E-state index >= 15 is 0 Å². The first kappa shape index (κ1) is 28.7. The van der Waals surface area contributed by atoms with Gasteiger partial charge in [0.1, 0.15) is 17.1 Å². The molecule has 0 spiro atoms. The number of methoxy groups -OCH3 is 1. The van der Waals surface area contributed by atoms with E-state index in [1.54, 1.807) is 43.5 Å². The van der Waals surface area contributed by atoms with E-state index in [2.05, 4.69) is 15.0 Å². The smallest absolute Gasteiger partial charge is 0.335 e. The number of fused-ring (bicyclic) bond motifs is 1. The summed E-state index contributed by atoms with van der Waals surface area (Å²) in [6.07, 6.45) is 1.18. The highest BCUT2D eigenvalue weighted by molar-refractivity contribution is 7.89. The van der Waals surface area contributed by atoms with Crippen LogP contribution >= 0.6 is 12.4 Å². The summed E-state index contributed by atoms with van der Waals surface area (Å²) in [5.74, 6) is -1.10. The molecule has 10 nitrogen and oxygen atoms in total. The molecule has 13 heteroatoms. The molecular weight excluding hydrogens is 537 g/mol. The molecule has 4 rings (SSSR count). The van der Waals surface area contributed by atoms with Crippen LogP contribution in [0.1, 0.15) is 15.9 Å². The molecule has 0 bridgehead atoms. The fraction of sp³-hybridized carbons (Fsp3) is 0.160. The summed E-state index contributed by atoms with van der Waals surface area (Å²) in [4.78, 5) is 11.8. The van der Waals surface area contributed by atoms with Crippen LogP contribution in [0.5, 0.6) is 5.75 Å². The molecule has 0 atom stereocenters. The summed E-state index contributed by atoms with van der Waals surface area (Å²) in [5, 5.41) is 17.7. The van der Waals surface area contributed by atoms with Gasteiger partial charge in [-0.25, -0.2) is 27.0 Å². The lowest BCUT2D eigenvalue weighted by molar-refractivity contribution is 0.0697. The first-order chi connectivity index (χ1) is 17.7. The summed E-state index contributed by atoms with van der Waals surface area (Å²) in [7, 11) is -2.37. The number of hydrogen-bond donors (Lipinski definition) is 3. The number of nitrogens with zero attached hydrogens (tertiary/aromatic N) is 3. The number of hydrogen-bond acceptors (Lipinski definition) is 7. The van der Waals surface area contributed by atoms with Crippen molar-refractivity contribution >= 4 is 39.4 Å². The van der Waals surface area contributed by atoms with Crippen molar-refractivity contribution in [3.05, 3.63) is 83.7 Å². The highest BCUT2D eigenvalue weighted by Gasteiger charge is 2.19. The minimum Gasteiger partial charge on any atom is -0.497 e. The molecule has 3 aromatic carbocycles. The minimum absolute atomic E-state index is 0. The van der Waals surface area contributed by atoms with Crippen molar-refractivity contribution in [3.63, 3.8) is 0 Å². The number of aromatic carboxylic acids is 1. The first-order valence-electron chi connectivity index (χ1n) is 11.1. The Morgan fingerprint density at radius 1 is 1.18 bits per heavy atom. The van der Waals surface area contributed by atoms with E-state index < -0.39 is 21.8 Å². The minimum atomic E-state index is -3.91. The Labute approximate surface area is 224 Å². The summed E-state index contributed by atoms with van der Waals surface area (Å²) in [5.41, 5.74) is 7.34. The van der Waals surface area contributed by atoms with Crippen LogP contribution in [0, 0.1) is 0 Å². The normalized spacial score (nSPS) is 11.8. The van der Waals surface area contributed by atoms with Gasteiger partial charge in [0.25, 0.3) is 0 Å². The predicted octanol–water partition coefficient (Wildman–Crippen LogP) is 3.52. The molecule has 1 heterocycles. The molecule has 0 saturated carbocycles. The summed E-state index contributed by atoms with van der Waals surface area (Å²) in [6, 6.07) is 15.7. The molecule has 0 fully saturated rings. The molecule has 0 aliphatic rings. The van der Waals surface area contributed by atoms with E-state index in [4.69, 9.17) is 10.5 Å². The molecule has 0 aliphatic carbocycles. The zero-order chi connectivity index (χ0) is 26.6. The Kier molecular flexibility index (Phi) is 9.17. The summed E-state index contributed by atoms with van der Waals surface area (Å²) >= 11 is 0. The molecule has 0 unspecified atom stereocenters. The van der Waals surface area contributed by atoms with Crippen molar-refractivity contribution in [1.29, 1.82) is 0 Å². The Morgan fingerprint density at radius 2 is 1.92 bits per heavy atom. The second-order valence-electron chi connectivity index (χ2n) is 8.03. The van der Waals surface area contributed by atoms with Gasteiger partial charge in [0.05, 0.1) is 29.6 Å². The van der Waals surface area contributed by atoms with Gasteiger partial charge in [-0.05, 0) is 53.6 Å². The molecule has 0 saturated heterocycles. The number of carboxylic acids is 1. The molecule has 0 aliphatic heterocycles. The molecule has 200 valence electrons. The monoisotopic (exact) mass is 561 g/mol. The van der Waals surface area contributed by atoms with Crippen LogP contribution < -0.4 is 15.2 Å². The number of sulfonamides is 1. The number of ether oxygens (including phenoxy) is 1. The highest BCUT2D eigenvalue weighted by atomic mass is 35.5. The second-order valence-corrected chi connectivity index (χ2v) is 9.80. The number of aromatic nitrogens is 3. The third-order valence-electron chi connectivity index (χ3n) is 5.59. The Bertz CT molecular complexity index is 1590. The zero-order valence-electron chi connectivity index (χ0n) is 20.2. The summed E-state index contributed by atoms with van der Waals surface area (Å²) < 4.78 is 49.0. The Hall–Kier alpha value is -3.84. The van der Waals surface area contributed by atoms with E-state index in [9.17, 15) is 22.7 Å². The van der Waals surface area contributed by atoms with Crippen LogP contribution in [0.15, 0.2) is 77.5 Å². The largest absolute Gasteiger partial charge is 0.497 e. The average Bonchev–Trinajstić information content (AvgIpc) is 3.30. The Balaban J connectivity index is 0.00000400. The van der Waals surface area contributed by atoms with Crippen molar-refractivity contribution in [3.8, 4) is 16.9 Å². The Morgan fingerprint density at radius 3 is 2.58 bits per heavy atom. The maximum absolute atomic E-state index is 14.1. The van der Waals surface area contributed by atoms with Crippen LogP contribution in [0.2, 0.25) is 0 Å². The predicted molar refractivity (Wildman–Crippen MR) is 142 cm³/mol. The molecule has 0 amide bonds. The van der Waals surface area contributed by atoms with Gasteiger partial charge in [0, 0.05) is 18.7 Å². The number of halogens is 2. The van der Waals surface area contributed by atoms with Crippen LogP contribution in [0.4, 0.5) is 4.39 Å². The van der Waals surface area contributed by atoms with E-state index in [1.807, 2.05) is 0 Å². The van der Waals surface area contributed by atoms with Crippen LogP contribution in [0.3, 0.4) is 0 Å². The average molecular weight is 562 g/mol. The molecule has 38 heavy (non-hydrogen) atoms. The lowest BCUT2D eigenvalue weighted by atomic mass is 10.0. The number of rotatable bonds is 10. The quantitative estimate of drug-likeness (QED) is 0.266. The highest BCUT2D eigenvalue weighted by Crippen LogP contribution is 2.31. The van der Waals surface area contributed by atoms with Crippen LogP contribution in [0.25, 0.3) is 22.2 Å². The molecular formula is C25H25ClFN5O5S. The van der Waals surface area contributed by atoms with Gasteiger partial charge in [-0.3, -0.25) is 0 Å². The van der Waals surface area contributed by atoms with Gasteiger partial charge in [-0.2, -0.15) is 0 Å². The first-order valence-corrected chi connectivity index (χ1v) is 12.6. The van der Waals surface area contributed by atoms with E-state index in [-0.39, 0.29) is 48.0 Å². The number of nitrogens with one attached hydrogen (secondary N) is 1. The van der Waals surface area contributed by atoms with Gasteiger partial charge in [0.2, 0.25) is 10.0 Å². The zero-order valence-corrected chi connectivity index (χ0v) is 21.8. The van der Waals surface area contributed by atoms with Gasteiger partial charge >= 0.3 is 5.97 Å². The number of carbonyl (C=O) groups is 1. The maximum atomic E-state index is 14.1. The molecule has 1 aromatic heterocycles. The van der Waals surface area contributed by atoms with Crippen molar-refractivity contribution in [2.24, 2.45) is 5.73 Å². The van der Waals surface area contributed by atoms with Gasteiger partial charge < -0.3 is 15.6 Å². The lowest BCUT2D eigenvalue weighted by Gasteiger charge is -2.10. The number of carboxylic acid groups (broad SMARTS) is 1. The fourth-order valence-electron chi connectivity index (χ4n) is 3.70. The van der Waals surface area contributed by atoms with Gasteiger partial charge in [0.15, 0.2) is 0 Å². The standard InChI is InChI=1S/C25H24FN5O5S.ClH/c1-36-20-7-5-16(6-8-20)14-28-37(34,35)21-4-2-3-17(11-21)22-12-18(25(32)33)13-23-24(22)29-30-31(23)15-19(26)9-10-27;/h2-9,11-13,28H,10,14-15,27H2,1H3,(H,32,33);1H/b19-9-;. The van der Waals surface area contributed by atoms with Gasteiger partial charge in [-0.15, -0.1) is 17.5 Å². The van der Waals surface area contributed by atoms with E-state index in [0.717, 1.165) is 5.56 Å². The van der Waals surface area contributed by atoms with Crippen molar-refractivity contribution < 1.29 is 27.4 Å². The summed E-state index contributed by atoms with van der Waals surface area (Å²) in [6.45, 7) is -0.219. The van der Waals surface area contributed by atoms with Crippen molar-refractivity contribution in [2.45, 2.75) is 18.0 Å². The second kappa shape index (κ2) is 12.1. The van der Waals surface area contributed by atoms with Crippen LogP contribution in [-0.4, -0.2) is 48.1 Å². The molecule has 4 aromatic rings. The van der Waals surface area contributed by atoms with Crippen molar-refractivity contribution in [2.75, 3.05) is 13.7 Å². The number of nitrogens with two attached hydrogens (primary N) is 1. The van der Waals surface area contributed by atoms with E-state index in [1.165, 1.54) is 35.0 Å². The fourth-order valence-corrected chi connectivity index (χ4v) is 4.76.